The molecule has 0 spiro atoms. The number of hydrogen-bond acceptors (Lipinski definition) is 5. The molecule has 0 aliphatic heterocycles. The van der Waals surface area contributed by atoms with E-state index in [0.717, 1.165) is 0 Å². The number of rotatable bonds is 5. The molecular formula is C12H14N4O3. The minimum atomic E-state index is -1.13. The number of aromatic carboxylic acids is 1. The van der Waals surface area contributed by atoms with Crippen molar-refractivity contribution in [1.82, 2.24) is 15.0 Å². The van der Waals surface area contributed by atoms with Gasteiger partial charge in [-0.15, -0.1) is 15.0 Å². The molecule has 7 heteroatoms. The third kappa shape index (κ3) is 2.49. The first-order valence-corrected chi connectivity index (χ1v) is 5.78. The average Bonchev–Trinajstić information content (AvgIpc) is 2.84. The number of para-hydroxylation sites is 2. The molecule has 100 valence electrons. The van der Waals surface area contributed by atoms with Gasteiger partial charge in [0.25, 0.3) is 0 Å². The van der Waals surface area contributed by atoms with Gasteiger partial charge < -0.3 is 15.2 Å². The van der Waals surface area contributed by atoms with Gasteiger partial charge in [0.1, 0.15) is 11.4 Å². The quantitative estimate of drug-likeness (QED) is 0.846. The van der Waals surface area contributed by atoms with E-state index in [-0.39, 0.29) is 11.5 Å². The van der Waals surface area contributed by atoms with Crippen LogP contribution in [0.2, 0.25) is 0 Å². The summed E-state index contributed by atoms with van der Waals surface area (Å²) in [5, 5.41) is 19.8. The summed E-state index contributed by atoms with van der Waals surface area (Å²) in [7, 11) is 1.59. The Balaban J connectivity index is 2.50. The van der Waals surface area contributed by atoms with Gasteiger partial charge >= 0.3 is 5.97 Å². The van der Waals surface area contributed by atoms with Crippen molar-refractivity contribution in [2.75, 3.05) is 19.0 Å². The van der Waals surface area contributed by atoms with E-state index in [9.17, 15) is 4.79 Å². The van der Waals surface area contributed by atoms with Crippen molar-refractivity contribution >= 4 is 11.8 Å². The van der Waals surface area contributed by atoms with Gasteiger partial charge in [-0.3, -0.25) is 0 Å². The first-order chi connectivity index (χ1) is 9.17. The predicted molar refractivity (Wildman–Crippen MR) is 69.0 cm³/mol. The molecule has 0 aliphatic carbocycles. The number of nitrogens with one attached hydrogen (secondary N) is 1. The van der Waals surface area contributed by atoms with Gasteiger partial charge in [0.05, 0.1) is 6.61 Å². The molecule has 2 rings (SSSR count). The zero-order valence-electron chi connectivity index (χ0n) is 10.6. The lowest BCUT2D eigenvalue weighted by molar-refractivity contribution is 0.0691. The zero-order valence-corrected chi connectivity index (χ0v) is 10.6. The van der Waals surface area contributed by atoms with Crippen LogP contribution in [-0.4, -0.2) is 39.7 Å². The number of benzene rings is 1. The van der Waals surface area contributed by atoms with Crippen LogP contribution >= 0.6 is 0 Å². The Labute approximate surface area is 109 Å². The van der Waals surface area contributed by atoms with Crippen LogP contribution in [0.25, 0.3) is 5.69 Å². The summed E-state index contributed by atoms with van der Waals surface area (Å²) >= 11 is 0. The summed E-state index contributed by atoms with van der Waals surface area (Å²) in [6, 6.07) is 7.17. The van der Waals surface area contributed by atoms with Crippen molar-refractivity contribution in [3.05, 3.63) is 30.0 Å². The highest BCUT2D eigenvalue weighted by Gasteiger charge is 2.18. The Bertz CT molecular complexity index is 594. The molecule has 0 fully saturated rings. The van der Waals surface area contributed by atoms with Crippen molar-refractivity contribution in [1.29, 1.82) is 0 Å². The fourth-order valence-electron chi connectivity index (χ4n) is 1.63. The van der Waals surface area contributed by atoms with Crippen LogP contribution in [0.1, 0.15) is 17.4 Å². The van der Waals surface area contributed by atoms with Crippen molar-refractivity contribution in [2.24, 2.45) is 0 Å². The standard InChI is InChI=1S/C12H14N4O3/c1-3-19-9-7-5-4-6-8(9)16-14-10(12(17)18)11(13-2)15-16/h4-7H,3H2,1-2H3,(H,13,15)(H,17,18). The van der Waals surface area contributed by atoms with Crippen molar-refractivity contribution in [3.63, 3.8) is 0 Å². The van der Waals surface area contributed by atoms with Gasteiger partial charge in [-0.05, 0) is 19.1 Å². The topological polar surface area (TPSA) is 89.3 Å². The molecular weight excluding hydrogens is 248 g/mol. The zero-order chi connectivity index (χ0) is 13.8. The van der Waals surface area contributed by atoms with Gasteiger partial charge in [-0.1, -0.05) is 12.1 Å². The van der Waals surface area contributed by atoms with E-state index < -0.39 is 5.97 Å². The molecule has 0 unspecified atom stereocenters. The average molecular weight is 262 g/mol. The molecule has 19 heavy (non-hydrogen) atoms. The normalized spacial score (nSPS) is 10.2. The number of carboxylic acids is 1. The van der Waals surface area contributed by atoms with E-state index in [1.807, 2.05) is 13.0 Å². The molecule has 0 saturated heterocycles. The van der Waals surface area contributed by atoms with Crippen molar-refractivity contribution in [3.8, 4) is 11.4 Å². The number of nitrogens with zero attached hydrogens (tertiary/aromatic N) is 3. The molecule has 0 aliphatic rings. The Morgan fingerprint density at radius 1 is 1.42 bits per heavy atom. The molecule has 1 heterocycles. The second kappa shape index (κ2) is 5.38. The Hall–Kier alpha value is -2.57. The number of carboxylic acid groups (broad SMARTS) is 1. The lowest BCUT2D eigenvalue weighted by Gasteiger charge is -2.08. The maximum Gasteiger partial charge on any atom is 0.360 e. The fourth-order valence-corrected chi connectivity index (χ4v) is 1.63. The fraction of sp³-hybridized carbons (Fsp3) is 0.250. The summed E-state index contributed by atoms with van der Waals surface area (Å²) in [6.07, 6.45) is 0. The van der Waals surface area contributed by atoms with Gasteiger partial charge in [0.15, 0.2) is 5.82 Å². The second-order valence-electron chi connectivity index (χ2n) is 3.64. The van der Waals surface area contributed by atoms with Gasteiger partial charge in [0.2, 0.25) is 5.69 Å². The smallest absolute Gasteiger partial charge is 0.360 e. The molecule has 7 nitrogen and oxygen atoms in total. The summed E-state index contributed by atoms with van der Waals surface area (Å²) < 4.78 is 5.47. The first kappa shape index (κ1) is 12.9. The first-order valence-electron chi connectivity index (χ1n) is 5.78. The maximum absolute atomic E-state index is 11.0. The Morgan fingerprint density at radius 3 is 2.74 bits per heavy atom. The summed E-state index contributed by atoms with van der Waals surface area (Å²) in [4.78, 5) is 12.3. The second-order valence-corrected chi connectivity index (χ2v) is 3.64. The van der Waals surface area contributed by atoms with Gasteiger partial charge in [-0.2, -0.15) is 0 Å². The number of anilines is 1. The highest BCUT2D eigenvalue weighted by molar-refractivity contribution is 5.90. The highest BCUT2D eigenvalue weighted by Crippen LogP contribution is 2.22. The third-order valence-corrected chi connectivity index (χ3v) is 2.43. The number of ether oxygens (including phenoxy) is 1. The number of aromatic nitrogens is 3. The molecule has 0 bridgehead atoms. The Kier molecular flexibility index (Phi) is 3.65. The van der Waals surface area contributed by atoms with Crippen LogP contribution in [0.3, 0.4) is 0 Å². The number of hydrogen-bond donors (Lipinski definition) is 2. The maximum atomic E-state index is 11.0. The van der Waals surface area contributed by atoms with E-state index >= 15 is 0 Å². The monoisotopic (exact) mass is 262 g/mol. The van der Waals surface area contributed by atoms with Gasteiger partial charge in [-0.25, -0.2) is 4.79 Å². The molecule has 0 radical (unpaired) electrons. The molecule has 1 aromatic carbocycles. The minimum Gasteiger partial charge on any atom is -0.492 e. The van der Waals surface area contributed by atoms with E-state index in [1.54, 1.807) is 25.2 Å². The third-order valence-electron chi connectivity index (χ3n) is 2.43. The Morgan fingerprint density at radius 2 is 2.16 bits per heavy atom. The van der Waals surface area contributed by atoms with Crippen LogP contribution in [0.15, 0.2) is 24.3 Å². The number of carbonyl (C=O) groups is 1. The molecule has 0 atom stereocenters. The largest absolute Gasteiger partial charge is 0.492 e. The lowest BCUT2D eigenvalue weighted by Crippen LogP contribution is -2.05. The van der Waals surface area contributed by atoms with Crippen LogP contribution in [0.4, 0.5) is 5.82 Å². The molecule has 0 amide bonds. The molecule has 2 N–H and O–H groups in total. The molecule has 0 saturated carbocycles. The minimum absolute atomic E-state index is 0.131. The van der Waals surface area contributed by atoms with Crippen LogP contribution in [-0.2, 0) is 0 Å². The van der Waals surface area contributed by atoms with E-state index in [4.69, 9.17) is 9.84 Å². The van der Waals surface area contributed by atoms with Crippen molar-refractivity contribution < 1.29 is 14.6 Å². The van der Waals surface area contributed by atoms with Gasteiger partial charge in [0, 0.05) is 7.05 Å². The molecule has 2 aromatic rings. The summed E-state index contributed by atoms with van der Waals surface area (Å²) in [5.41, 5.74) is 0.460. The lowest BCUT2D eigenvalue weighted by atomic mass is 10.3. The van der Waals surface area contributed by atoms with E-state index in [2.05, 4.69) is 15.5 Å². The SMILES string of the molecule is CCOc1ccccc1-n1nc(NC)c(C(=O)O)n1. The molecule has 1 aromatic heterocycles. The highest BCUT2D eigenvalue weighted by atomic mass is 16.5. The van der Waals surface area contributed by atoms with Crippen molar-refractivity contribution in [2.45, 2.75) is 6.92 Å². The summed E-state index contributed by atoms with van der Waals surface area (Å²) in [5.74, 6) is -0.331. The summed E-state index contributed by atoms with van der Waals surface area (Å²) in [6.45, 7) is 2.37. The van der Waals surface area contributed by atoms with E-state index in [0.29, 0.717) is 18.0 Å². The predicted octanol–water partition coefficient (Wildman–Crippen LogP) is 1.41. The van der Waals surface area contributed by atoms with Crippen LogP contribution < -0.4 is 10.1 Å². The van der Waals surface area contributed by atoms with Crippen LogP contribution in [0, 0.1) is 0 Å². The van der Waals surface area contributed by atoms with E-state index in [1.165, 1.54) is 4.80 Å². The van der Waals surface area contributed by atoms with Crippen LogP contribution in [0.5, 0.6) is 5.75 Å².